The summed E-state index contributed by atoms with van der Waals surface area (Å²) in [6.45, 7) is 0. The van der Waals surface area contributed by atoms with Crippen molar-refractivity contribution in [1.29, 1.82) is 0 Å². The van der Waals surface area contributed by atoms with E-state index in [0.717, 1.165) is 20.9 Å². The maximum atomic E-state index is 12.3. The molecule has 0 aliphatic heterocycles. The van der Waals surface area contributed by atoms with Gasteiger partial charge in [-0.2, -0.15) is 5.10 Å². The van der Waals surface area contributed by atoms with Gasteiger partial charge in [-0.1, -0.05) is 15.9 Å². The Hall–Kier alpha value is -2.47. The lowest BCUT2D eigenvalue weighted by molar-refractivity contribution is 0.780. The average Bonchev–Trinajstić information content (AvgIpc) is 2.87. The van der Waals surface area contributed by atoms with Crippen molar-refractivity contribution in [3.63, 3.8) is 0 Å². The van der Waals surface area contributed by atoms with E-state index in [-0.39, 0.29) is 5.56 Å². The molecular weight excluding hydrogens is 344 g/mol. The normalized spacial score (nSPS) is 11.4. The molecule has 6 heteroatoms. The molecule has 2 aromatic heterocycles. The third-order valence-electron chi connectivity index (χ3n) is 3.56. The van der Waals surface area contributed by atoms with E-state index in [0.29, 0.717) is 16.7 Å². The van der Waals surface area contributed by atoms with E-state index in [1.165, 1.54) is 0 Å². The molecule has 0 fully saturated rings. The zero-order valence-electron chi connectivity index (χ0n) is 11.7. The lowest BCUT2D eigenvalue weighted by Crippen LogP contribution is -2.09. The zero-order valence-corrected chi connectivity index (χ0v) is 13.3. The van der Waals surface area contributed by atoms with Crippen LogP contribution in [0, 0.1) is 0 Å². The van der Waals surface area contributed by atoms with Crippen molar-refractivity contribution in [1.82, 2.24) is 19.7 Å². The molecule has 1 N–H and O–H groups in total. The Kier molecular flexibility index (Phi) is 2.87. The van der Waals surface area contributed by atoms with Crippen molar-refractivity contribution in [2.45, 2.75) is 0 Å². The summed E-state index contributed by atoms with van der Waals surface area (Å²) in [4.78, 5) is 19.7. The SMILES string of the molecule is Cn1cc2cc(-c3nc4ccc(Br)cc4c(=O)[nH]3)ccc2n1. The van der Waals surface area contributed by atoms with E-state index in [9.17, 15) is 4.79 Å². The predicted molar refractivity (Wildman–Crippen MR) is 89.8 cm³/mol. The van der Waals surface area contributed by atoms with Gasteiger partial charge in [0.15, 0.2) is 0 Å². The van der Waals surface area contributed by atoms with Crippen LogP contribution < -0.4 is 5.56 Å². The molecule has 0 saturated heterocycles. The highest BCUT2D eigenvalue weighted by molar-refractivity contribution is 9.10. The van der Waals surface area contributed by atoms with Crippen LogP contribution in [0.5, 0.6) is 0 Å². The van der Waals surface area contributed by atoms with Gasteiger partial charge in [-0.3, -0.25) is 9.48 Å². The molecule has 22 heavy (non-hydrogen) atoms. The standard InChI is InChI=1S/C16H11BrN4O/c1-21-8-10-6-9(2-4-13(10)20-21)15-18-14-5-3-11(17)7-12(14)16(22)19-15/h2-8H,1H3,(H,18,19,22). The van der Waals surface area contributed by atoms with E-state index >= 15 is 0 Å². The summed E-state index contributed by atoms with van der Waals surface area (Å²) in [7, 11) is 1.88. The minimum atomic E-state index is -0.146. The molecule has 2 aromatic carbocycles. The number of aromatic amines is 1. The number of H-pyrrole nitrogens is 1. The van der Waals surface area contributed by atoms with Crippen molar-refractivity contribution < 1.29 is 0 Å². The van der Waals surface area contributed by atoms with Crippen molar-refractivity contribution in [3.05, 3.63) is 57.4 Å². The van der Waals surface area contributed by atoms with Crippen molar-refractivity contribution in [2.24, 2.45) is 7.05 Å². The summed E-state index contributed by atoms with van der Waals surface area (Å²) < 4.78 is 2.62. The van der Waals surface area contributed by atoms with E-state index in [1.54, 1.807) is 10.7 Å². The number of nitrogens with zero attached hydrogens (tertiary/aromatic N) is 3. The first-order chi connectivity index (χ1) is 10.6. The van der Waals surface area contributed by atoms with Crippen LogP contribution in [0.3, 0.4) is 0 Å². The Bertz CT molecular complexity index is 1080. The van der Waals surface area contributed by atoms with Gasteiger partial charge in [0.25, 0.3) is 5.56 Å². The van der Waals surface area contributed by atoms with Gasteiger partial charge in [0.1, 0.15) is 5.82 Å². The molecule has 0 radical (unpaired) electrons. The van der Waals surface area contributed by atoms with E-state index < -0.39 is 0 Å². The summed E-state index contributed by atoms with van der Waals surface area (Å²) in [5.41, 5.74) is 2.31. The van der Waals surface area contributed by atoms with Gasteiger partial charge in [-0.05, 0) is 36.4 Å². The largest absolute Gasteiger partial charge is 0.306 e. The van der Waals surface area contributed by atoms with Gasteiger partial charge in [0, 0.05) is 28.7 Å². The number of aryl methyl sites for hydroxylation is 1. The van der Waals surface area contributed by atoms with Crippen LogP contribution >= 0.6 is 15.9 Å². The molecule has 4 aromatic rings. The number of halogens is 1. The third kappa shape index (κ3) is 2.12. The van der Waals surface area contributed by atoms with Crippen molar-refractivity contribution >= 4 is 37.7 Å². The Morgan fingerprint density at radius 3 is 2.82 bits per heavy atom. The number of benzene rings is 2. The molecule has 0 aliphatic carbocycles. The fourth-order valence-electron chi connectivity index (χ4n) is 2.54. The molecule has 0 aliphatic rings. The topological polar surface area (TPSA) is 63.6 Å². The predicted octanol–water partition coefficient (Wildman–Crippen LogP) is 3.24. The molecule has 0 amide bonds. The van der Waals surface area contributed by atoms with Crippen molar-refractivity contribution in [2.75, 3.05) is 0 Å². The van der Waals surface area contributed by atoms with Gasteiger partial charge >= 0.3 is 0 Å². The summed E-state index contributed by atoms with van der Waals surface area (Å²) in [6, 6.07) is 11.3. The first kappa shape index (κ1) is 13.2. The van der Waals surface area contributed by atoms with Gasteiger partial charge in [-0.15, -0.1) is 0 Å². The summed E-state index contributed by atoms with van der Waals surface area (Å²) in [5.74, 6) is 0.561. The fourth-order valence-corrected chi connectivity index (χ4v) is 2.91. The Balaban J connectivity index is 1.95. The number of aromatic nitrogens is 4. The molecule has 0 bridgehead atoms. The fraction of sp³-hybridized carbons (Fsp3) is 0.0625. The van der Waals surface area contributed by atoms with Crippen LogP contribution in [0.1, 0.15) is 0 Å². The summed E-state index contributed by atoms with van der Waals surface area (Å²) in [6.07, 6.45) is 1.94. The molecule has 0 atom stereocenters. The van der Waals surface area contributed by atoms with Crippen LogP contribution in [-0.2, 0) is 7.05 Å². The van der Waals surface area contributed by atoms with E-state index in [1.807, 2.05) is 43.6 Å². The minimum absolute atomic E-state index is 0.146. The monoisotopic (exact) mass is 354 g/mol. The van der Waals surface area contributed by atoms with Crippen LogP contribution in [0.25, 0.3) is 33.2 Å². The highest BCUT2D eigenvalue weighted by atomic mass is 79.9. The number of rotatable bonds is 1. The lowest BCUT2D eigenvalue weighted by Gasteiger charge is -2.03. The van der Waals surface area contributed by atoms with Gasteiger partial charge < -0.3 is 4.98 Å². The minimum Gasteiger partial charge on any atom is -0.306 e. The zero-order chi connectivity index (χ0) is 15.3. The number of fused-ring (bicyclic) bond motifs is 2. The molecule has 108 valence electrons. The second-order valence-corrected chi connectivity index (χ2v) is 6.07. The second kappa shape index (κ2) is 4.78. The molecule has 0 spiro atoms. The Morgan fingerprint density at radius 2 is 1.95 bits per heavy atom. The van der Waals surface area contributed by atoms with Crippen molar-refractivity contribution in [3.8, 4) is 11.4 Å². The molecular formula is C16H11BrN4O. The highest BCUT2D eigenvalue weighted by Gasteiger charge is 2.08. The average molecular weight is 355 g/mol. The van der Waals surface area contributed by atoms with Crippen LogP contribution in [-0.4, -0.2) is 19.7 Å². The first-order valence-electron chi connectivity index (χ1n) is 6.73. The van der Waals surface area contributed by atoms with E-state index in [2.05, 4.69) is 31.0 Å². The van der Waals surface area contributed by atoms with Gasteiger partial charge in [0.2, 0.25) is 0 Å². The van der Waals surface area contributed by atoms with Gasteiger partial charge in [0.05, 0.1) is 16.4 Å². The second-order valence-electron chi connectivity index (χ2n) is 5.15. The molecule has 5 nitrogen and oxygen atoms in total. The number of hydrogen-bond donors (Lipinski definition) is 1. The van der Waals surface area contributed by atoms with Gasteiger partial charge in [-0.25, -0.2) is 4.98 Å². The maximum Gasteiger partial charge on any atom is 0.259 e. The first-order valence-corrected chi connectivity index (χ1v) is 7.53. The lowest BCUT2D eigenvalue weighted by atomic mass is 10.1. The maximum absolute atomic E-state index is 12.3. The smallest absolute Gasteiger partial charge is 0.259 e. The van der Waals surface area contributed by atoms with E-state index in [4.69, 9.17) is 0 Å². The summed E-state index contributed by atoms with van der Waals surface area (Å²) in [5, 5.41) is 5.93. The molecule has 0 unspecified atom stereocenters. The number of nitrogens with one attached hydrogen (secondary N) is 1. The molecule has 0 saturated carbocycles. The Labute approximate surface area is 133 Å². The van der Waals surface area contributed by atoms with Crippen LogP contribution in [0.2, 0.25) is 0 Å². The third-order valence-corrected chi connectivity index (χ3v) is 4.05. The highest BCUT2D eigenvalue weighted by Crippen LogP contribution is 2.22. The quantitative estimate of drug-likeness (QED) is 0.570. The number of hydrogen-bond acceptors (Lipinski definition) is 3. The van der Waals surface area contributed by atoms with Crippen LogP contribution in [0.15, 0.2) is 51.9 Å². The Morgan fingerprint density at radius 1 is 1.14 bits per heavy atom. The molecule has 4 rings (SSSR count). The molecule has 2 heterocycles. The summed E-state index contributed by atoms with van der Waals surface area (Å²) >= 11 is 3.37. The van der Waals surface area contributed by atoms with Crippen LogP contribution in [0.4, 0.5) is 0 Å².